The van der Waals surface area contributed by atoms with E-state index in [4.69, 9.17) is 9.73 Å². The second kappa shape index (κ2) is 12.1. The lowest BCUT2D eigenvalue weighted by molar-refractivity contribution is -0.127. The Labute approximate surface area is 192 Å². The molecule has 0 aromatic heterocycles. The van der Waals surface area contributed by atoms with Gasteiger partial charge < -0.3 is 20.3 Å². The van der Waals surface area contributed by atoms with Crippen molar-refractivity contribution in [1.29, 1.82) is 0 Å². The van der Waals surface area contributed by atoms with Crippen LogP contribution in [-0.2, 0) is 17.6 Å². The number of rotatable bonds is 10. The van der Waals surface area contributed by atoms with Gasteiger partial charge in [-0.2, -0.15) is 0 Å². The van der Waals surface area contributed by atoms with E-state index >= 15 is 0 Å². The van der Waals surface area contributed by atoms with Gasteiger partial charge in [-0.3, -0.25) is 9.79 Å². The molecule has 1 aliphatic heterocycles. The van der Waals surface area contributed by atoms with Gasteiger partial charge >= 0.3 is 0 Å². The minimum absolute atomic E-state index is 0.241. The molecule has 3 rings (SSSR count). The molecule has 1 heterocycles. The minimum atomic E-state index is 0.241. The SMILES string of the molecule is CCNC(=NCC1CC(=O)N(CCc2ccccc2)C1)NCCc1cc(C)ccc1OC. The zero-order chi connectivity index (χ0) is 22.8. The molecule has 1 fully saturated rings. The molecule has 0 spiro atoms. The summed E-state index contributed by atoms with van der Waals surface area (Å²) in [6.45, 7) is 7.93. The Hall–Kier alpha value is -3.02. The number of likely N-dealkylation sites (tertiary alicyclic amines) is 1. The third-order valence-electron chi connectivity index (χ3n) is 5.78. The van der Waals surface area contributed by atoms with E-state index in [1.165, 1.54) is 16.7 Å². The van der Waals surface area contributed by atoms with E-state index in [0.717, 1.165) is 50.7 Å². The summed E-state index contributed by atoms with van der Waals surface area (Å²) in [4.78, 5) is 19.2. The van der Waals surface area contributed by atoms with Gasteiger partial charge in [0.15, 0.2) is 5.96 Å². The van der Waals surface area contributed by atoms with Crippen molar-refractivity contribution < 1.29 is 9.53 Å². The zero-order valence-electron chi connectivity index (χ0n) is 19.6. The number of hydrogen-bond acceptors (Lipinski definition) is 3. The monoisotopic (exact) mass is 436 g/mol. The van der Waals surface area contributed by atoms with Crippen LogP contribution in [0.4, 0.5) is 0 Å². The number of amides is 1. The van der Waals surface area contributed by atoms with Crippen molar-refractivity contribution in [1.82, 2.24) is 15.5 Å². The molecule has 1 saturated heterocycles. The molecule has 32 heavy (non-hydrogen) atoms. The number of hydrogen-bond donors (Lipinski definition) is 2. The molecule has 172 valence electrons. The number of benzene rings is 2. The Bertz CT molecular complexity index is 898. The molecule has 6 nitrogen and oxygen atoms in total. The van der Waals surface area contributed by atoms with Crippen LogP contribution in [0.25, 0.3) is 0 Å². The van der Waals surface area contributed by atoms with E-state index in [1.54, 1.807) is 7.11 Å². The molecule has 2 aromatic carbocycles. The number of aliphatic imine (C=N–C) groups is 1. The summed E-state index contributed by atoms with van der Waals surface area (Å²) < 4.78 is 5.48. The van der Waals surface area contributed by atoms with Gasteiger partial charge in [-0.25, -0.2) is 0 Å². The smallest absolute Gasteiger partial charge is 0.223 e. The number of ether oxygens (including phenoxy) is 1. The fourth-order valence-electron chi connectivity index (χ4n) is 4.08. The number of guanidine groups is 1. The summed E-state index contributed by atoms with van der Waals surface area (Å²) in [6.07, 6.45) is 2.33. The Morgan fingerprint density at radius 2 is 1.97 bits per heavy atom. The highest BCUT2D eigenvalue weighted by Crippen LogP contribution is 2.20. The number of carbonyl (C=O) groups is 1. The van der Waals surface area contributed by atoms with Crippen molar-refractivity contribution in [3.8, 4) is 5.75 Å². The van der Waals surface area contributed by atoms with E-state index < -0.39 is 0 Å². The molecule has 2 N–H and O–H groups in total. The van der Waals surface area contributed by atoms with Crippen LogP contribution in [0.2, 0.25) is 0 Å². The molecule has 0 radical (unpaired) electrons. The maximum atomic E-state index is 12.4. The maximum absolute atomic E-state index is 12.4. The van der Waals surface area contributed by atoms with Gasteiger partial charge in [0.1, 0.15) is 5.75 Å². The van der Waals surface area contributed by atoms with Crippen LogP contribution in [0.15, 0.2) is 53.5 Å². The largest absolute Gasteiger partial charge is 0.496 e. The second-order valence-corrected chi connectivity index (χ2v) is 8.36. The number of nitrogens with zero attached hydrogens (tertiary/aromatic N) is 2. The van der Waals surface area contributed by atoms with E-state index in [2.05, 4.69) is 48.7 Å². The third-order valence-corrected chi connectivity index (χ3v) is 5.78. The second-order valence-electron chi connectivity index (χ2n) is 8.36. The van der Waals surface area contributed by atoms with Crippen LogP contribution in [0.5, 0.6) is 5.75 Å². The van der Waals surface area contributed by atoms with E-state index in [-0.39, 0.29) is 11.8 Å². The van der Waals surface area contributed by atoms with Gasteiger partial charge in [0.25, 0.3) is 0 Å². The summed E-state index contributed by atoms with van der Waals surface area (Å²) in [5.41, 5.74) is 3.68. The van der Waals surface area contributed by atoms with Gasteiger partial charge in [-0.1, -0.05) is 48.0 Å². The Balaban J connectivity index is 1.48. The molecule has 6 heteroatoms. The number of methoxy groups -OCH3 is 1. The van der Waals surface area contributed by atoms with E-state index in [9.17, 15) is 4.79 Å². The molecule has 2 aromatic rings. The average molecular weight is 437 g/mol. The van der Waals surface area contributed by atoms with E-state index in [0.29, 0.717) is 13.0 Å². The lowest BCUT2D eigenvalue weighted by Crippen LogP contribution is -2.38. The van der Waals surface area contributed by atoms with Crippen molar-refractivity contribution in [2.75, 3.05) is 39.8 Å². The summed E-state index contributed by atoms with van der Waals surface area (Å²) >= 11 is 0. The molecule has 0 saturated carbocycles. The van der Waals surface area contributed by atoms with Crippen LogP contribution >= 0.6 is 0 Å². The lowest BCUT2D eigenvalue weighted by atomic mass is 10.1. The summed E-state index contributed by atoms with van der Waals surface area (Å²) in [7, 11) is 1.71. The molecular formula is C26H36N4O2. The first-order chi connectivity index (χ1) is 15.6. The van der Waals surface area contributed by atoms with Crippen molar-refractivity contribution in [2.45, 2.75) is 33.1 Å². The Morgan fingerprint density at radius 3 is 2.72 bits per heavy atom. The third kappa shape index (κ3) is 7.01. The van der Waals surface area contributed by atoms with Gasteiger partial charge in [0.2, 0.25) is 5.91 Å². The first kappa shape index (κ1) is 23.6. The van der Waals surface area contributed by atoms with Gasteiger partial charge in [-0.15, -0.1) is 0 Å². The molecule has 1 atom stereocenters. The predicted molar refractivity (Wildman–Crippen MR) is 130 cm³/mol. The quantitative estimate of drug-likeness (QED) is 0.443. The summed E-state index contributed by atoms with van der Waals surface area (Å²) in [5, 5.41) is 6.73. The average Bonchev–Trinajstić information content (AvgIpc) is 3.16. The Kier molecular flexibility index (Phi) is 8.96. The molecule has 0 bridgehead atoms. The first-order valence-electron chi connectivity index (χ1n) is 11.6. The highest BCUT2D eigenvalue weighted by Gasteiger charge is 2.29. The topological polar surface area (TPSA) is 66.0 Å². The van der Waals surface area contributed by atoms with E-state index in [1.807, 2.05) is 29.2 Å². The first-order valence-corrected chi connectivity index (χ1v) is 11.6. The fraction of sp³-hybridized carbons (Fsp3) is 0.462. The molecule has 1 aliphatic rings. The van der Waals surface area contributed by atoms with Crippen molar-refractivity contribution in [2.24, 2.45) is 10.9 Å². The number of aryl methyl sites for hydroxylation is 1. The van der Waals surface area contributed by atoms with Crippen molar-refractivity contribution in [3.05, 3.63) is 65.2 Å². The van der Waals surface area contributed by atoms with Gasteiger partial charge in [0.05, 0.1) is 7.11 Å². The highest BCUT2D eigenvalue weighted by molar-refractivity contribution is 5.80. The molecular weight excluding hydrogens is 400 g/mol. The highest BCUT2D eigenvalue weighted by atomic mass is 16.5. The lowest BCUT2D eigenvalue weighted by Gasteiger charge is -2.17. The number of nitrogens with one attached hydrogen (secondary N) is 2. The normalized spacial score (nSPS) is 16.3. The van der Waals surface area contributed by atoms with Crippen LogP contribution in [0.3, 0.4) is 0 Å². The fourth-order valence-corrected chi connectivity index (χ4v) is 4.08. The Morgan fingerprint density at radius 1 is 1.16 bits per heavy atom. The predicted octanol–water partition coefficient (Wildman–Crippen LogP) is 3.19. The van der Waals surface area contributed by atoms with Gasteiger partial charge in [0, 0.05) is 45.1 Å². The minimum Gasteiger partial charge on any atom is -0.496 e. The molecule has 1 amide bonds. The van der Waals surface area contributed by atoms with Crippen molar-refractivity contribution >= 4 is 11.9 Å². The summed E-state index contributed by atoms with van der Waals surface area (Å²) in [5.74, 6) is 2.23. The molecule has 1 unspecified atom stereocenters. The molecule has 0 aliphatic carbocycles. The van der Waals surface area contributed by atoms with Crippen LogP contribution in [0, 0.1) is 12.8 Å². The van der Waals surface area contributed by atoms with Crippen molar-refractivity contribution in [3.63, 3.8) is 0 Å². The van der Waals surface area contributed by atoms with Crippen LogP contribution in [-0.4, -0.2) is 56.6 Å². The maximum Gasteiger partial charge on any atom is 0.223 e. The van der Waals surface area contributed by atoms with Crippen LogP contribution < -0.4 is 15.4 Å². The van der Waals surface area contributed by atoms with Crippen LogP contribution in [0.1, 0.15) is 30.0 Å². The zero-order valence-corrected chi connectivity index (χ0v) is 19.6. The number of carbonyl (C=O) groups excluding carboxylic acids is 1. The van der Waals surface area contributed by atoms with Gasteiger partial charge in [-0.05, 0) is 43.9 Å². The summed E-state index contributed by atoms with van der Waals surface area (Å²) in [6, 6.07) is 16.6. The standard InChI is InChI=1S/C26H36N4O2/c1-4-27-26(28-14-12-23-16-20(2)10-11-24(23)32-3)29-18-22-17-25(31)30(19-22)15-13-21-8-6-5-7-9-21/h5-11,16,22H,4,12-15,17-19H2,1-3H3,(H2,27,28,29).